The van der Waals surface area contributed by atoms with Gasteiger partial charge in [-0.2, -0.15) is 4.98 Å². The van der Waals surface area contributed by atoms with Crippen LogP contribution in [0.5, 0.6) is 0 Å². The third-order valence-electron chi connectivity index (χ3n) is 2.85. The van der Waals surface area contributed by atoms with Crippen molar-refractivity contribution in [2.24, 2.45) is 5.73 Å². The predicted molar refractivity (Wildman–Crippen MR) is 66.0 cm³/mol. The van der Waals surface area contributed by atoms with E-state index in [1.54, 1.807) is 0 Å². The molecule has 1 aliphatic heterocycles. The molecule has 1 aromatic rings. The number of hydrogen-bond donors (Lipinski definition) is 1. The molecule has 6 nitrogen and oxygen atoms in total. The van der Waals surface area contributed by atoms with Gasteiger partial charge in [-0.3, -0.25) is 0 Å². The molecule has 1 aliphatic rings. The number of anilines is 1. The second kappa shape index (κ2) is 4.62. The van der Waals surface area contributed by atoms with Gasteiger partial charge in [0.2, 0.25) is 5.89 Å². The molecule has 6 heteroatoms. The van der Waals surface area contributed by atoms with Crippen molar-refractivity contribution in [3.05, 3.63) is 5.89 Å². The van der Waals surface area contributed by atoms with Gasteiger partial charge in [-0.1, -0.05) is 0 Å². The summed E-state index contributed by atoms with van der Waals surface area (Å²) >= 11 is 0. The summed E-state index contributed by atoms with van der Waals surface area (Å²) in [7, 11) is 2.12. The number of piperazine rings is 1. The molecule has 2 rings (SSSR count). The first kappa shape index (κ1) is 12.3. The fourth-order valence-electron chi connectivity index (χ4n) is 1.84. The van der Waals surface area contributed by atoms with Crippen molar-refractivity contribution in [1.82, 2.24) is 15.0 Å². The summed E-state index contributed by atoms with van der Waals surface area (Å²) < 4.78 is 5.22. The molecule has 1 fully saturated rings. The van der Waals surface area contributed by atoms with Crippen LogP contribution in [0, 0.1) is 0 Å². The van der Waals surface area contributed by atoms with E-state index in [-0.39, 0.29) is 5.54 Å². The zero-order valence-corrected chi connectivity index (χ0v) is 10.8. The molecule has 0 aromatic carbocycles. The zero-order chi connectivity index (χ0) is 12.5. The summed E-state index contributed by atoms with van der Waals surface area (Å²) in [6.07, 6.45) is 0.605. The molecule has 1 aromatic heterocycles. The summed E-state index contributed by atoms with van der Waals surface area (Å²) in [4.78, 5) is 8.84. The standard InChI is InChI=1S/C11H21N5O/c1-11(2,12)8-9-13-10(14-17-9)16-6-4-15(3)5-7-16/h4-8,12H2,1-3H3. The zero-order valence-electron chi connectivity index (χ0n) is 10.8. The Kier molecular flexibility index (Phi) is 3.35. The number of nitrogens with zero attached hydrogens (tertiary/aromatic N) is 4. The maximum absolute atomic E-state index is 5.93. The van der Waals surface area contributed by atoms with Crippen LogP contribution in [0.3, 0.4) is 0 Å². The Morgan fingerprint density at radius 1 is 1.29 bits per heavy atom. The van der Waals surface area contributed by atoms with E-state index in [2.05, 4.69) is 27.0 Å². The van der Waals surface area contributed by atoms with Gasteiger partial charge in [0.05, 0.1) is 0 Å². The highest BCUT2D eigenvalue weighted by Gasteiger charge is 2.21. The highest BCUT2D eigenvalue weighted by molar-refractivity contribution is 5.28. The van der Waals surface area contributed by atoms with E-state index in [1.165, 1.54) is 0 Å². The Labute approximate surface area is 102 Å². The molecule has 2 N–H and O–H groups in total. The molecule has 0 saturated carbocycles. The monoisotopic (exact) mass is 239 g/mol. The highest BCUT2D eigenvalue weighted by Crippen LogP contribution is 2.14. The number of rotatable bonds is 3. The van der Waals surface area contributed by atoms with E-state index < -0.39 is 0 Å². The second-order valence-electron chi connectivity index (χ2n) is 5.44. The van der Waals surface area contributed by atoms with Crippen molar-refractivity contribution >= 4 is 5.95 Å². The third kappa shape index (κ3) is 3.41. The number of nitrogens with two attached hydrogens (primary N) is 1. The Bertz CT molecular complexity index is 362. The van der Waals surface area contributed by atoms with Gasteiger partial charge in [-0.15, -0.1) is 0 Å². The smallest absolute Gasteiger partial charge is 0.266 e. The molecular weight excluding hydrogens is 218 g/mol. The van der Waals surface area contributed by atoms with Crippen molar-refractivity contribution in [3.8, 4) is 0 Å². The van der Waals surface area contributed by atoms with Gasteiger partial charge in [-0.05, 0) is 26.1 Å². The van der Waals surface area contributed by atoms with E-state index in [1.807, 2.05) is 13.8 Å². The lowest BCUT2D eigenvalue weighted by Crippen LogP contribution is -2.45. The van der Waals surface area contributed by atoms with Gasteiger partial charge in [0, 0.05) is 38.1 Å². The van der Waals surface area contributed by atoms with Crippen LogP contribution in [0.4, 0.5) is 5.95 Å². The fourth-order valence-corrected chi connectivity index (χ4v) is 1.84. The Morgan fingerprint density at radius 2 is 1.94 bits per heavy atom. The van der Waals surface area contributed by atoms with Crippen LogP contribution >= 0.6 is 0 Å². The molecule has 0 unspecified atom stereocenters. The van der Waals surface area contributed by atoms with Crippen molar-refractivity contribution in [2.45, 2.75) is 25.8 Å². The molecular formula is C11H21N5O. The van der Waals surface area contributed by atoms with Crippen LogP contribution in [0.15, 0.2) is 4.52 Å². The molecule has 1 saturated heterocycles. The lowest BCUT2D eigenvalue weighted by atomic mass is 10.0. The molecule has 17 heavy (non-hydrogen) atoms. The van der Waals surface area contributed by atoms with Crippen molar-refractivity contribution in [2.75, 3.05) is 38.1 Å². The first-order valence-electron chi connectivity index (χ1n) is 5.99. The number of hydrogen-bond acceptors (Lipinski definition) is 6. The van der Waals surface area contributed by atoms with Gasteiger partial charge >= 0.3 is 0 Å². The minimum Gasteiger partial charge on any atom is -0.337 e. The SMILES string of the molecule is CN1CCN(c2noc(CC(C)(C)N)n2)CC1. The third-order valence-corrected chi connectivity index (χ3v) is 2.85. The molecule has 96 valence electrons. The molecule has 0 radical (unpaired) electrons. The summed E-state index contributed by atoms with van der Waals surface area (Å²) in [5, 5.41) is 4.01. The van der Waals surface area contributed by atoms with E-state index >= 15 is 0 Å². The predicted octanol–water partition coefficient (Wildman–Crippen LogP) is 0.101. The average molecular weight is 239 g/mol. The average Bonchev–Trinajstić information content (AvgIpc) is 2.64. The maximum atomic E-state index is 5.93. The molecule has 2 heterocycles. The number of aromatic nitrogens is 2. The fraction of sp³-hybridized carbons (Fsp3) is 0.818. The molecule has 0 aliphatic carbocycles. The molecule has 0 bridgehead atoms. The van der Waals surface area contributed by atoms with E-state index in [9.17, 15) is 0 Å². The first-order chi connectivity index (χ1) is 7.94. The highest BCUT2D eigenvalue weighted by atomic mass is 16.5. The first-order valence-corrected chi connectivity index (χ1v) is 5.99. The quantitative estimate of drug-likeness (QED) is 0.806. The van der Waals surface area contributed by atoms with E-state index in [0.29, 0.717) is 18.3 Å². The van der Waals surface area contributed by atoms with E-state index in [4.69, 9.17) is 10.3 Å². The van der Waals surface area contributed by atoms with Crippen molar-refractivity contribution in [1.29, 1.82) is 0 Å². The topological polar surface area (TPSA) is 71.4 Å². The number of likely N-dealkylation sites (N-methyl/N-ethyl adjacent to an activating group) is 1. The van der Waals surface area contributed by atoms with Crippen LogP contribution < -0.4 is 10.6 Å². The minimum atomic E-state index is -0.314. The van der Waals surface area contributed by atoms with E-state index in [0.717, 1.165) is 26.2 Å². The second-order valence-corrected chi connectivity index (χ2v) is 5.44. The maximum Gasteiger partial charge on any atom is 0.266 e. The Hall–Kier alpha value is -1.14. The van der Waals surface area contributed by atoms with Gasteiger partial charge in [0.1, 0.15) is 0 Å². The lowest BCUT2D eigenvalue weighted by molar-refractivity contribution is 0.308. The van der Waals surface area contributed by atoms with Crippen LogP contribution in [0.1, 0.15) is 19.7 Å². The summed E-state index contributed by atoms with van der Waals surface area (Å²) in [6, 6.07) is 0. The van der Waals surface area contributed by atoms with Crippen LogP contribution in [-0.2, 0) is 6.42 Å². The van der Waals surface area contributed by atoms with Crippen LogP contribution in [0.25, 0.3) is 0 Å². The van der Waals surface area contributed by atoms with Gasteiger partial charge in [0.25, 0.3) is 5.95 Å². The summed E-state index contributed by atoms with van der Waals surface area (Å²) in [5.41, 5.74) is 5.61. The largest absolute Gasteiger partial charge is 0.337 e. The molecule has 0 amide bonds. The van der Waals surface area contributed by atoms with Gasteiger partial charge in [0.15, 0.2) is 0 Å². The Balaban J connectivity index is 1.98. The van der Waals surface area contributed by atoms with Crippen LogP contribution in [-0.4, -0.2) is 53.8 Å². The minimum absolute atomic E-state index is 0.314. The van der Waals surface area contributed by atoms with Gasteiger partial charge < -0.3 is 20.1 Å². The Morgan fingerprint density at radius 3 is 2.53 bits per heavy atom. The van der Waals surface area contributed by atoms with Crippen molar-refractivity contribution < 1.29 is 4.52 Å². The van der Waals surface area contributed by atoms with Crippen LogP contribution in [0.2, 0.25) is 0 Å². The van der Waals surface area contributed by atoms with Crippen molar-refractivity contribution in [3.63, 3.8) is 0 Å². The summed E-state index contributed by atoms with van der Waals surface area (Å²) in [5.74, 6) is 1.31. The molecule has 0 spiro atoms. The summed E-state index contributed by atoms with van der Waals surface area (Å²) in [6.45, 7) is 7.86. The lowest BCUT2D eigenvalue weighted by Gasteiger charge is -2.31. The molecule has 0 atom stereocenters. The normalized spacial score (nSPS) is 18.7. The van der Waals surface area contributed by atoms with Gasteiger partial charge in [-0.25, -0.2) is 0 Å².